The number of ether oxygens (including phenoxy) is 1. The Morgan fingerprint density at radius 3 is 2.47 bits per heavy atom. The van der Waals surface area contributed by atoms with Crippen molar-refractivity contribution in [1.82, 2.24) is 25.0 Å². The van der Waals surface area contributed by atoms with E-state index in [9.17, 15) is 18.0 Å². The number of nitrogens with zero attached hydrogens (tertiary/aromatic N) is 5. The number of rotatable bonds is 7. The van der Waals surface area contributed by atoms with Crippen molar-refractivity contribution in [3.8, 4) is 22.8 Å². The minimum Gasteiger partial charge on any atom is -0.489 e. The van der Waals surface area contributed by atoms with Gasteiger partial charge in [-0.15, -0.1) is 10.2 Å². The predicted octanol–water partition coefficient (Wildman–Crippen LogP) is 5.57. The molecule has 2 aromatic carbocycles. The van der Waals surface area contributed by atoms with E-state index < -0.39 is 17.8 Å². The molecule has 5 aromatic rings. The minimum absolute atomic E-state index is 0.0579. The lowest BCUT2D eigenvalue weighted by Gasteiger charge is -2.10. The normalized spacial score (nSPS) is 11.2. The number of carbonyl (C=O) groups excluding carboxylic acids is 1. The molecule has 0 atom stereocenters. The fraction of sp³-hybridized carbons (Fsp3) is 0.0741. The number of hydrogen-bond donors (Lipinski definition) is 1. The number of aromatic nitrogens is 5. The third kappa shape index (κ3) is 5.67. The Balaban J connectivity index is 1.31. The van der Waals surface area contributed by atoms with Gasteiger partial charge >= 0.3 is 6.18 Å². The highest BCUT2D eigenvalue weighted by Crippen LogP contribution is 2.33. The van der Waals surface area contributed by atoms with Gasteiger partial charge in [0, 0.05) is 23.5 Å². The lowest BCUT2D eigenvalue weighted by molar-refractivity contribution is -0.142. The third-order valence-corrected chi connectivity index (χ3v) is 5.41. The smallest absolute Gasteiger partial charge is 0.433 e. The second-order valence-electron chi connectivity index (χ2n) is 8.10. The van der Waals surface area contributed by atoms with E-state index in [0.717, 1.165) is 11.6 Å². The molecule has 0 fully saturated rings. The summed E-state index contributed by atoms with van der Waals surface area (Å²) in [6, 6.07) is 22.9. The van der Waals surface area contributed by atoms with Crippen LogP contribution in [0.15, 0.2) is 97.3 Å². The Morgan fingerprint density at radius 2 is 1.76 bits per heavy atom. The molecule has 0 unspecified atom stereocenters. The van der Waals surface area contributed by atoms with E-state index in [1.807, 2.05) is 30.3 Å². The first-order valence-electron chi connectivity index (χ1n) is 11.4. The molecular weight excluding hydrogens is 497 g/mol. The van der Waals surface area contributed by atoms with Gasteiger partial charge in [-0.05, 0) is 54.1 Å². The van der Waals surface area contributed by atoms with Crippen LogP contribution in [0.5, 0.6) is 5.75 Å². The van der Waals surface area contributed by atoms with Gasteiger partial charge in [0.25, 0.3) is 5.91 Å². The highest BCUT2D eigenvalue weighted by Gasteiger charge is 2.37. The molecule has 11 heteroatoms. The summed E-state index contributed by atoms with van der Waals surface area (Å²) in [5.74, 6) is -0.0822. The second kappa shape index (κ2) is 10.5. The SMILES string of the molecule is O=C(Nc1ccc(-n2nc(-c3cccnc3)cc2C(F)(F)F)nn1)c1cccc(OCc2ccccc2)c1. The summed E-state index contributed by atoms with van der Waals surface area (Å²) < 4.78 is 47.5. The second-order valence-corrected chi connectivity index (χ2v) is 8.10. The average molecular weight is 516 g/mol. The molecule has 1 N–H and O–H groups in total. The van der Waals surface area contributed by atoms with Crippen molar-refractivity contribution in [3.63, 3.8) is 0 Å². The highest BCUT2D eigenvalue weighted by atomic mass is 19.4. The van der Waals surface area contributed by atoms with Crippen LogP contribution in [0.1, 0.15) is 21.6 Å². The molecule has 190 valence electrons. The van der Waals surface area contributed by atoms with Crippen molar-refractivity contribution in [2.24, 2.45) is 0 Å². The molecule has 0 spiro atoms. The Kier molecular flexibility index (Phi) is 6.81. The number of pyridine rings is 1. The van der Waals surface area contributed by atoms with Crippen LogP contribution in [-0.4, -0.2) is 30.9 Å². The Labute approximate surface area is 214 Å². The Bertz CT molecular complexity index is 1540. The van der Waals surface area contributed by atoms with Crippen LogP contribution in [0.25, 0.3) is 17.1 Å². The van der Waals surface area contributed by atoms with Crippen LogP contribution in [0.3, 0.4) is 0 Å². The van der Waals surface area contributed by atoms with E-state index in [4.69, 9.17) is 4.74 Å². The van der Waals surface area contributed by atoms with E-state index in [1.165, 1.54) is 24.5 Å². The van der Waals surface area contributed by atoms with Crippen LogP contribution in [-0.2, 0) is 12.8 Å². The quantitative estimate of drug-likeness (QED) is 0.304. The Morgan fingerprint density at radius 1 is 0.921 bits per heavy atom. The number of anilines is 1. The van der Waals surface area contributed by atoms with Crippen LogP contribution < -0.4 is 10.1 Å². The van der Waals surface area contributed by atoms with Crippen molar-refractivity contribution in [1.29, 1.82) is 0 Å². The van der Waals surface area contributed by atoms with Gasteiger partial charge < -0.3 is 10.1 Å². The number of halogens is 3. The summed E-state index contributed by atoms with van der Waals surface area (Å²) in [5, 5.41) is 14.4. The summed E-state index contributed by atoms with van der Waals surface area (Å²) in [5.41, 5.74) is 0.780. The van der Waals surface area contributed by atoms with Gasteiger partial charge in [0.15, 0.2) is 17.3 Å². The number of amides is 1. The van der Waals surface area contributed by atoms with Crippen molar-refractivity contribution in [2.45, 2.75) is 12.8 Å². The van der Waals surface area contributed by atoms with Crippen LogP contribution in [0.4, 0.5) is 19.0 Å². The first-order chi connectivity index (χ1) is 18.4. The van der Waals surface area contributed by atoms with E-state index in [-0.39, 0.29) is 17.3 Å². The predicted molar refractivity (Wildman–Crippen MR) is 133 cm³/mol. The molecule has 38 heavy (non-hydrogen) atoms. The highest BCUT2D eigenvalue weighted by molar-refractivity contribution is 6.03. The standard InChI is InChI=1S/C27H19F3N6O2/c28-27(29,30)23-15-22(20-9-5-13-31-16-20)35-36(23)25-12-11-24(33-34-25)32-26(37)19-8-4-10-21(14-19)38-17-18-6-2-1-3-7-18/h1-16H,17H2,(H,32,33,37). The number of nitrogens with one attached hydrogen (secondary N) is 1. The van der Waals surface area contributed by atoms with E-state index >= 15 is 0 Å². The summed E-state index contributed by atoms with van der Waals surface area (Å²) in [7, 11) is 0. The summed E-state index contributed by atoms with van der Waals surface area (Å²) >= 11 is 0. The third-order valence-electron chi connectivity index (χ3n) is 5.41. The lowest BCUT2D eigenvalue weighted by Crippen LogP contribution is -2.16. The molecule has 0 saturated heterocycles. The van der Waals surface area contributed by atoms with Crippen molar-refractivity contribution >= 4 is 11.7 Å². The molecule has 5 rings (SSSR count). The summed E-state index contributed by atoms with van der Waals surface area (Å²) in [4.78, 5) is 16.7. The van der Waals surface area contributed by atoms with Crippen LogP contribution in [0.2, 0.25) is 0 Å². The molecule has 0 bridgehead atoms. The van der Waals surface area contributed by atoms with Gasteiger partial charge in [-0.2, -0.15) is 18.3 Å². The first kappa shape index (κ1) is 24.6. The minimum atomic E-state index is -4.68. The van der Waals surface area contributed by atoms with Gasteiger partial charge in [0.2, 0.25) is 0 Å². The summed E-state index contributed by atoms with van der Waals surface area (Å²) in [6.45, 7) is 0.342. The fourth-order valence-corrected chi connectivity index (χ4v) is 3.57. The topological polar surface area (TPSA) is 94.8 Å². The molecule has 8 nitrogen and oxygen atoms in total. The number of alkyl halides is 3. The van der Waals surface area contributed by atoms with Crippen molar-refractivity contribution in [3.05, 3.63) is 114 Å². The maximum atomic E-state index is 13.7. The molecule has 0 radical (unpaired) electrons. The zero-order chi connectivity index (χ0) is 26.5. The molecule has 3 heterocycles. The zero-order valence-corrected chi connectivity index (χ0v) is 19.6. The van der Waals surface area contributed by atoms with Gasteiger partial charge in [-0.25, -0.2) is 4.68 Å². The molecule has 0 saturated carbocycles. The largest absolute Gasteiger partial charge is 0.489 e. The van der Waals surface area contributed by atoms with E-state index in [0.29, 0.717) is 28.2 Å². The lowest BCUT2D eigenvalue weighted by atomic mass is 10.2. The van der Waals surface area contributed by atoms with E-state index in [1.54, 1.807) is 36.4 Å². The molecular formula is C27H19F3N6O2. The van der Waals surface area contributed by atoms with Crippen molar-refractivity contribution in [2.75, 3.05) is 5.32 Å². The monoisotopic (exact) mass is 516 g/mol. The Hall–Kier alpha value is -5.06. The maximum absolute atomic E-state index is 13.7. The maximum Gasteiger partial charge on any atom is 0.433 e. The van der Waals surface area contributed by atoms with Gasteiger partial charge in [-0.3, -0.25) is 9.78 Å². The van der Waals surface area contributed by atoms with Crippen LogP contribution >= 0.6 is 0 Å². The van der Waals surface area contributed by atoms with Gasteiger partial charge in [-0.1, -0.05) is 36.4 Å². The molecule has 0 aliphatic heterocycles. The molecule has 0 aliphatic carbocycles. The number of carbonyl (C=O) groups is 1. The number of benzene rings is 2. The fourth-order valence-electron chi connectivity index (χ4n) is 3.57. The van der Waals surface area contributed by atoms with Gasteiger partial charge in [0.05, 0.1) is 5.69 Å². The zero-order valence-electron chi connectivity index (χ0n) is 19.6. The van der Waals surface area contributed by atoms with Gasteiger partial charge in [0.1, 0.15) is 12.4 Å². The van der Waals surface area contributed by atoms with Crippen molar-refractivity contribution < 1.29 is 22.7 Å². The molecule has 1 amide bonds. The molecule has 3 aromatic heterocycles. The first-order valence-corrected chi connectivity index (χ1v) is 11.4. The van der Waals surface area contributed by atoms with E-state index in [2.05, 4.69) is 25.6 Å². The molecule has 0 aliphatic rings. The average Bonchev–Trinajstić information content (AvgIpc) is 3.40. The van der Waals surface area contributed by atoms with Crippen LogP contribution in [0, 0.1) is 0 Å². The summed E-state index contributed by atoms with van der Waals surface area (Å²) in [6.07, 6.45) is -1.76. The number of hydrogen-bond acceptors (Lipinski definition) is 6.